The molecule has 1 aliphatic rings. The van der Waals surface area contributed by atoms with Crippen molar-refractivity contribution in [3.05, 3.63) is 95.1 Å². The fourth-order valence-corrected chi connectivity index (χ4v) is 5.55. The van der Waals surface area contributed by atoms with E-state index in [9.17, 15) is 31.1 Å². The quantitative estimate of drug-likeness (QED) is 0.273. The highest BCUT2D eigenvalue weighted by Gasteiger charge is 2.47. The van der Waals surface area contributed by atoms with Crippen LogP contribution < -0.4 is 10.6 Å². The highest BCUT2D eigenvalue weighted by Crippen LogP contribution is 2.45. The number of alkyl halides is 6. The van der Waals surface area contributed by atoms with Gasteiger partial charge in [-0.25, -0.2) is 0 Å². The molecular formula is C31H32F6N2O. The van der Waals surface area contributed by atoms with Crippen molar-refractivity contribution in [2.24, 2.45) is 11.3 Å². The monoisotopic (exact) mass is 562 g/mol. The zero-order valence-electron chi connectivity index (χ0n) is 22.3. The minimum Gasteiger partial charge on any atom is -0.352 e. The summed E-state index contributed by atoms with van der Waals surface area (Å²) in [5, 5.41) is 6.21. The summed E-state index contributed by atoms with van der Waals surface area (Å²) in [6.07, 6.45) is -8.09. The van der Waals surface area contributed by atoms with Gasteiger partial charge in [0.1, 0.15) is 0 Å². The summed E-state index contributed by atoms with van der Waals surface area (Å²) >= 11 is 0. The molecule has 2 atom stereocenters. The first-order valence-corrected chi connectivity index (χ1v) is 13.2. The zero-order valence-corrected chi connectivity index (χ0v) is 22.3. The molecule has 0 bridgehead atoms. The highest BCUT2D eigenvalue weighted by atomic mass is 19.4. The van der Waals surface area contributed by atoms with Gasteiger partial charge in [-0.1, -0.05) is 68.4 Å². The van der Waals surface area contributed by atoms with E-state index in [-0.39, 0.29) is 29.5 Å². The van der Waals surface area contributed by atoms with Crippen LogP contribution in [0.2, 0.25) is 0 Å². The van der Waals surface area contributed by atoms with Crippen LogP contribution in [0.4, 0.5) is 26.3 Å². The number of hydrogen-bond donors (Lipinski definition) is 2. The van der Waals surface area contributed by atoms with E-state index in [1.165, 1.54) is 0 Å². The molecule has 0 unspecified atom stereocenters. The number of carbonyl (C=O) groups is 1. The third-order valence-electron chi connectivity index (χ3n) is 7.89. The smallest absolute Gasteiger partial charge is 0.352 e. The minimum absolute atomic E-state index is 0.0300. The first kappa shape index (κ1) is 29.6. The van der Waals surface area contributed by atoms with E-state index in [4.69, 9.17) is 0 Å². The molecule has 3 aromatic rings. The lowest BCUT2D eigenvalue weighted by Crippen LogP contribution is -2.43. The van der Waals surface area contributed by atoms with Gasteiger partial charge in [-0.15, -0.1) is 0 Å². The van der Waals surface area contributed by atoms with Crippen LogP contribution in [0, 0.1) is 11.3 Å². The summed E-state index contributed by atoms with van der Waals surface area (Å²) in [7, 11) is 0. The van der Waals surface area contributed by atoms with Crippen LogP contribution >= 0.6 is 0 Å². The SMILES string of the molecule is CC(C)[C@]1(C(=O)NCc2cc(C(F)(F)F)cc(C(F)(F)F)c2)CC[C@@H](NCc2ccccc2-c2ccccc2)C1. The molecule has 40 heavy (non-hydrogen) atoms. The largest absolute Gasteiger partial charge is 0.416 e. The third kappa shape index (κ3) is 6.69. The normalized spacial score (nSPS) is 19.7. The number of amides is 1. The van der Waals surface area contributed by atoms with E-state index < -0.39 is 35.4 Å². The van der Waals surface area contributed by atoms with Crippen molar-refractivity contribution in [2.75, 3.05) is 0 Å². The summed E-state index contributed by atoms with van der Waals surface area (Å²) < 4.78 is 79.5. The molecule has 0 aromatic heterocycles. The molecule has 4 rings (SSSR count). The Balaban J connectivity index is 1.45. The van der Waals surface area contributed by atoms with Crippen molar-refractivity contribution in [2.45, 2.75) is 64.6 Å². The fourth-order valence-electron chi connectivity index (χ4n) is 5.55. The van der Waals surface area contributed by atoms with Crippen molar-refractivity contribution < 1.29 is 31.1 Å². The summed E-state index contributed by atoms with van der Waals surface area (Å²) in [4.78, 5) is 13.4. The van der Waals surface area contributed by atoms with E-state index in [1.807, 2.05) is 56.3 Å². The second-order valence-corrected chi connectivity index (χ2v) is 10.8. The molecule has 2 N–H and O–H groups in total. The van der Waals surface area contributed by atoms with E-state index >= 15 is 0 Å². The van der Waals surface area contributed by atoms with Gasteiger partial charge in [0, 0.05) is 19.1 Å². The van der Waals surface area contributed by atoms with Crippen LogP contribution in [0.15, 0.2) is 72.8 Å². The maximum Gasteiger partial charge on any atom is 0.416 e. The molecule has 3 aromatic carbocycles. The Morgan fingerprint density at radius 3 is 2.08 bits per heavy atom. The third-order valence-corrected chi connectivity index (χ3v) is 7.89. The number of benzene rings is 3. The van der Waals surface area contributed by atoms with Gasteiger partial charge in [-0.2, -0.15) is 26.3 Å². The number of carbonyl (C=O) groups excluding carboxylic acids is 1. The van der Waals surface area contributed by atoms with Crippen LogP contribution in [0.25, 0.3) is 11.1 Å². The number of rotatable bonds is 8. The predicted octanol–water partition coefficient (Wildman–Crippen LogP) is 7.99. The molecule has 0 radical (unpaired) electrons. The molecule has 1 saturated carbocycles. The van der Waals surface area contributed by atoms with Crippen molar-refractivity contribution in [1.29, 1.82) is 0 Å². The number of halogens is 6. The predicted molar refractivity (Wildman–Crippen MR) is 142 cm³/mol. The molecule has 0 saturated heterocycles. The molecule has 3 nitrogen and oxygen atoms in total. The van der Waals surface area contributed by atoms with Crippen LogP contribution in [-0.4, -0.2) is 11.9 Å². The summed E-state index contributed by atoms with van der Waals surface area (Å²) in [5.41, 5.74) is -0.501. The van der Waals surface area contributed by atoms with Gasteiger partial charge in [0.15, 0.2) is 0 Å². The van der Waals surface area contributed by atoms with Gasteiger partial charge in [-0.3, -0.25) is 4.79 Å². The fraction of sp³-hybridized carbons (Fsp3) is 0.387. The summed E-state index contributed by atoms with van der Waals surface area (Å²) in [6.45, 7) is 4.00. The Bertz CT molecular complexity index is 1290. The molecule has 1 fully saturated rings. The zero-order chi connectivity index (χ0) is 29.1. The van der Waals surface area contributed by atoms with Gasteiger partial charge < -0.3 is 10.6 Å². The molecule has 0 aliphatic heterocycles. The van der Waals surface area contributed by atoms with Crippen LogP contribution in [0.1, 0.15) is 55.4 Å². The average molecular weight is 563 g/mol. The van der Waals surface area contributed by atoms with Crippen LogP contribution in [0.5, 0.6) is 0 Å². The van der Waals surface area contributed by atoms with Gasteiger partial charge in [0.05, 0.1) is 16.5 Å². The lowest BCUT2D eigenvalue weighted by molar-refractivity contribution is -0.143. The number of hydrogen-bond acceptors (Lipinski definition) is 2. The lowest BCUT2D eigenvalue weighted by Gasteiger charge is -2.32. The second kappa shape index (κ2) is 11.6. The van der Waals surface area contributed by atoms with E-state index in [0.717, 1.165) is 23.1 Å². The lowest BCUT2D eigenvalue weighted by atomic mass is 9.74. The molecule has 9 heteroatoms. The number of nitrogens with one attached hydrogen (secondary N) is 2. The first-order chi connectivity index (χ1) is 18.8. The molecule has 1 aliphatic carbocycles. The van der Waals surface area contributed by atoms with Crippen molar-refractivity contribution in [1.82, 2.24) is 10.6 Å². The van der Waals surface area contributed by atoms with Gasteiger partial charge >= 0.3 is 12.4 Å². The Morgan fingerprint density at radius 1 is 0.875 bits per heavy atom. The first-order valence-electron chi connectivity index (χ1n) is 13.2. The van der Waals surface area contributed by atoms with Crippen molar-refractivity contribution in [3.63, 3.8) is 0 Å². The van der Waals surface area contributed by atoms with Crippen LogP contribution in [0.3, 0.4) is 0 Å². The standard InChI is InChI=1S/C31H32F6N2O/c1-20(2)29(28(40)39-18-21-14-24(30(32,33)34)16-25(15-21)31(35,36)37)13-12-26(17-29)38-19-23-10-6-7-11-27(23)22-8-4-3-5-9-22/h3-11,14-16,20,26,38H,12-13,17-19H2,1-2H3,(H,39,40)/t26-,29+/m1/s1. The van der Waals surface area contributed by atoms with Crippen molar-refractivity contribution in [3.8, 4) is 11.1 Å². The van der Waals surface area contributed by atoms with E-state index in [1.54, 1.807) is 0 Å². The molecule has 0 heterocycles. The maximum atomic E-state index is 13.4. The Labute approximate surface area is 230 Å². The minimum atomic E-state index is -4.94. The molecular weight excluding hydrogens is 530 g/mol. The van der Waals surface area contributed by atoms with Crippen LogP contribution in [-0.2, 0) is 30.2 Å². The van der Waals surface area contributed by atoms with E-state index in [0.29, 0.717) is 31.5 Å². The Hall–Kier alpha value is -3.33. The molecule has 0 spiro atoms. The average Bonchev–Trinajstić information content (AvgIpc) is 3.36. The summed E-state index contributed by atoms with van der Waals surface area (Å²) in [5.74, 6) is -0.439. The Morgan fingerprint density at radius 2 is 1.48 bits per heavy atom. The molecule has 1 amide bonds. The van der Waals surface area contributed by atoms with E-state index in [2.05, 4.69) is 22.8 Å². The Kier molecular flexibility index (Phi) is 8.63. The van der Waals surface area contributed by atoms with Gasteiger partial charge in [0.2, 0.25) is 5.91 Å². The van der Waals surface area contributed by atoms with Gasteiger partial charge in [0.25, 0.3) is 0 Å². The second-order valence-electron chi connectivity index (χ2n) is 10.8. The molecule has 214 valence electrons. The van der Waals surface area contributed by atoms with Gasteiger partial charge in [-0.05, 0) is 65.6 Å². The topological polar surface area (TPSA) is 41.1 Å². The summed E-state index contributed by atoms with van der Waals surface area (Å²) in [6, 6.07) is 19.5. The highest BCUT2D eigenvalue weighted by molar-refractivity contribution is 5.83. The maximum absolute atomic E-state index is 13.4. The van der Waals surface area contributed by atoms with Crippen molar-refractivity contribution >= 4 is 5.91 Å².